The Balaban J connectivity index is 2.86. The molecule has 1 saturated heterocycles. The minimum Gasteiger partial charge on any atom is -0.545 e. The summed E-state index contributed by atoms with van der Waals surface area (Å²) in [6, 6.07) is 0. The second-order valence-corrected chi connectivity index (χ2v) is 14.5. The highest BCUT2D eigenvalue weighted by atomic mass is 32.2. The van der Waals surface area contributed by atoms with Crippen molar-refractivity contribution >= 4 is 31.8 Å². The zero-order valence-corrected chi connectivity index (χ0v) is 15.6. The first-order valence-electron chi connectivity index (χ1n) is 6.76. The standard InChI is InChI=1S/C14H28OS2Si/c1-8-12(14(5)16-10-9-11-17-14)15-18(6,7)13(2,3)4/h8H,9-11H2,1-7H3/b12-8+. The molecule has 0 aromatic carbocycles. The lowest BCUT2D eigenvalue weighted by Gasteiger charge is -2.42. The third-order valence-electron chi connectivity index (χ3n) is 3.92. The summed E-state index contributed by atoms with van der Waals surface area (Å²) in [5.41, 5.74) is 0. The lowest BCUT2D eigenvalue weighted by Crippen LogP contribution is -2.43. The molecule has 0 unspecified atom stereocenters. The van der Waals surface area contributed by atoms with Gasteiger partial charge in [0, 0.05) is 0 Å². The van der Waals surface area contributed by atoms with Gasteiger partial charge in [0.15, 0.2) is 0 Å². The summed E-state index contributed by atoms with van der Waals surface area (Å²) in [4.78, 5) is 0. The van der Waals surface area contributed by atoms with E-state index in [2.05, 4.69) is 53.8 Å². The normalized spacial score (nSPS) is 21.8. The van der Waals surface area contributed by atoms with Crippen LogP contribution in [0.2, 0.25) is 18.1 Å². The zero-order chi connectivity index (χ0) is 14.0. The van der Waals surface area contributed by atoms with E-state index in [0.29, 0.717) is 0 Å². The number of allylic oxidation sites excluding steroid dienone is 1. The third kappa shape index (κ3) is 3.73. The Labute approximate surface area is 123 Å². The second kappa shape index (κ2) is 5.84. The van der Waals surface area contributed by atoms with Crippen molar-refractivity contribution < 1.29 is 4.43 Å². The van der Waals surface area contributed by atoms with Gasteiger partial charge in [-0.15, -0.1) is 23.5 Å². The zero-order valence-electron chi connectivity index (χ0n) is 12.9. The highest BCUT2D eigenvalue weighted by Crippen LogP contribution is 2.49. The Kier molecular flexibility index (Phi) is 5.36. The van der Waals surface area contributed by atoms with Crippen LogP contribution in [0, 0.1) is 0 Å². The van der Waals surface area contributed by atoms with E-state index >= 15 is 0 Å². The second-order valence-electron chi connectivity index (χ2n) is 6.51. The monoisotopic (exact) mass is 304 g/mol. The Morgan fingerprint density at radius 1 is 1.22 bits per heavy atom. The first-order valence-corrected chi connectivity index (χ1v) is 11.6. The van der Waals surface area contributed by atoms with Crippen molar-refractivity contribution in [3.8, 4) is 0 Å². The lowest BCUT2D eigenvalue weighted by atomic mass is 10.2. The molecule has 0 bridgehead atoms. The average Bonchev–Trinajstić information content (AvgIpc) is 2.25. The van der Waals surface area contributed by atoms with Gasteiger partial charge in [-0.3, -0.25) is 0 Å². The maximum absolute atomic E-state index is 6.55. The minimum atomic E-state index is -1.71. The van der Waals surface area contributed by atoms with Crippen molar-refractivity contribution in [2.75, 3.05) is 11.5 Å². The average molecular weight is 305 g/mol. The SMILES string of the molecule is C/C=C(/O[Si](C)(C)C(C)(C)C)C1(C)SCCCS1. The van der Waals surface area contributed by atoms with Gasteiger partial charge in [0.2, 0.25) is 8.32 Å². The topological polar surface area (TPSA) is 9.23 Å². The van der Waals surface area contributed by atoms with Crippen molar-refractivity contribution in [3.05, 3.63) is 11.8 Å². The maximum Gasteiger partial charge on any atom is 0.250 e. The molecule has 0 amide bonds. The molecular weight excluding hydrogens is 276 g/mol. The molecule has 0 aromatic rings. The molecule has 18 heavy (non-hydrogen) atoms. The van der Waals surface area contributed by atoms with Crippen LogP contribution in [0.25, 0.3) is 0 Å². The largest absolute Gasteiger partial charge is 0.545 e. The van der Waals surface area contributed by atoms with Crippen molar-refractivity contribution in [1.82, 2.24) is 0 Å². The first-order chi connectivity index (χ1) is 8.12. The Bertz CT molecular complexity index is 312. The molecule has 0 saturated carbocycles. The summed E-state index contributed by atoms with van der Waals surface area (Å²) in [6.45, 7) is 16.0. The maximum atomic E-state index is 6.55. The van der Waals surface area contributed by atoms with E-state index < -0.39 is 8.32 Å². The van der Waals surface area contributed by atoms with Crippen LogP contribution in [0.1, 0.15) is 41.0 Å². The Morgan fingerprint density at radius 2 is 1.72 bits per heavy atom. The van der Waals surface area contributed by atoms with Gasteiger partial charge in [-0.25, -0.2) is 0 Å². The fraction of sp³-hybridized carbons (Fsp3) is 0.857. The van der Waals surface area contributed by atoms with E-state index in [4.69, 9.17) is 4.43 Å². The van der Waals surface area contributed by atoms with Crippen LogP contribution in [0.3, 0.4) is 0 Å². The van der Waals surface area contributed by atoms with Gasteiger partial charge in [-0.1, -0.05) is 20.8 Å². The fourth-order valence-corrected chi connectivity index (χ4v) is 5.92. The number of hydrogen-bond donors (Lipinski definition) is 0. The summed E-state index contributed by atoms with van der Waals surface area (Å²) in [5, 5.41) is 0.265. The van der Waals surface area contributed by atoms with Crippen molar-refractivity contribution in [1.29, 1.82) is 0 Å². The third-order valence-corrected chi connectivity index (χ3v) is 11.5. The van der Waals surface area contributed by atoms with Crippen molar-refractivity contribution in [2.24, 2.45) is 0 Å². The van der Waals surface area contributed by atoms with Crippen LogP contribution in [-0.2, 0) is 4.43 Å². The summed E-state index contributed by atoms with van der Waals surface area (Å²) in [7, 11) is -1.71. The number of hydrogen-bond acceptors (Lipinski definition) is 3. The molecular formula is C14H28OS2Si. The molecule has 106 valence electrons. The molecule has 1 rings (SSSR count). The highest BCUT2D eigenvalue weighted by Gasteiger charge is 2.43. The Morgan fingerprint density at radius 3 is 2.11 bits per heavy atom. The molecule has 0 radical (unpaired) electrons. The summed E-state index contributed by atoms with van der Waals surface area (Å²) in [5.74, 6) is 3.70. The van der Waals surface area contributed by atoms with Gasteiger partial charge in [0.05, 0.1) is 0 Å². The van der Waals surface area contributed by atoms with Crippen LogP contribution in [-0.4, -0.2) is 23.9 Å². The van der Waals surface area contributed by atoms with E-state index in [0.717, 1.165) is 0 Å². The predicted molar refractivity (Wildman–Crippen MR) is 90.0 cm³/mol. The van der Waals surface area contributed by atoms with Crippen LogP contribution < -0.4 is 0 Å². The van der Waals surface area contributed by atoms with Crippen LogP contribution in [0.5, 0.6) is 0 Å². The summed E-state index contributed by atoms with van der Waals surface area (Å²) >= 11 is 4.08. The summed E-state index contributed by atoms with van der Waals surface area (Å²) in [6.07, 6.45) is 3.51. The summed E-state index contributed by atoms with van der Waals surface area (Å²) < 4.78 is 6.68. The fourth-order valence-electron chi connectivity index (χ4n) is 1.62. The van der Waals surface area contributed by atoms with Gasteiger partial charge in [0.1, 0.15) is 9.84 Å². The van der Waals surface area contributed by atoms with Crippen LogP contribution in [0.4, 0.5) is 0 Å². The predicted octanol–water partition coefficient (Wildman–Crippen LogP) is 5.50. The first kappa shape index (κ1) is 16.5. The van der Waals surface area contributed by atoms with Crippen molar-refractivity contribution in [3.63, 3.8) is 0 Å². The molecule has 0 aromatic heterocycles. The van der Waals surface area contributed by atoms with E-state index in [1.165, 1.54) is 23.7 Å². The molecule has 0 spiro atoms. The lowest BCUT2D eigenvalue weighted by molar-refractivity contribution is 0.367. The van der Waals surface area contributed by atoms with E-state index in [1.54, 1.807) is 0 Å². The van der Waals surface area contributed by atoms with Gasteiger partial charge in [0.25, 0.3) is 0 Å². The molecule has 4 heteroatoms. The smallest absolute Gasteiger partial charge is 0.250 e. The quantitative estimate of drug-likeness (QED) is 0.503. The highest BCUT2D eigenvalue weighted by molar-refractivity contribution is 8.19. The number of thioether (sulfide) groups is 2. The molecule has 0 aliphatic carbocycles. The van der Waals surface area contributed by atoms with Crippen LogP contribution in [0.15, 0.2) is 11.8 Å². The molecule has 1 aliphatic heterocycles. The van der Waals surface area contributed by atoms with Gasteiger partial charge < -0.3 is 4.43 Å². The van der Waals surface area contributed by atoms with Crippen molar-refractivity contribution in [2.45, 2.75) is 63.3 Å². The number of rotatable bonds is 3. The molecule has 0 N–H and O–H groups in total. The van der Waals surface area contributed by atoms with E-state index in [1.807, 2.05) is 23.5 Å². The minimum absolute atomic E-state index is 0.127. The van der Waals surface area contributed by atoms with E-state index in [9.17, 15) is 0 Å². The van der Waals surface area contributed by atoms with E-state index in [-0.39, 0.29) is 9.12 Å². The molecule has 1 fully saturated rings. The molecule has 1 nitrogen and oxygen atoms in total. The Hall–Kier alpha value is 0.457. The van der Waals surface area contributed by atoms with Gasteiger partial charge >= 0.3 is 0 Å². The van der Waals surface area contributed by atoms with Gasteiger partial charge in [-0.05, 0) is 56.0 Å². The molecule has 1 heterocycles. The van der Waals surface area contributed by atoms with Crippen LogP contribution >= 0.6 is 23.5 Å². The molecule has 1 aliphatic rings. The van der Waals surface area contributed by atoms with Gasteiger partial charge in [-0.2, -0.15) is 0 Å². The molecule has 0 atom stereocenters.